The molecule has 2 aliphatic heterocycles. The van der Waals surface area contributed by atoms with Crippen molar-refractivity contribution in [2.45, 2.75) is 0 Å². The molecule has 0 aliphatic carbocycles. The lowest BCUT2D eigenvalue weighted by molar-refractivity contribution is 0.583. The van der Waals surface area contributed by atoms with E-state index in [1.165, 1.54) is 24.3 Å². The first-order valence-corrected chi connectivity index (χ1v) is 23.6. The van der Waals surface area contributed by atoms with Gasteiger partial charge in [0.1, 0.15) is 28.9 Å². The summed E-state index contributed by atoms with van der Waals surface area (Å²) < 4.78 is 63.1. The lowest BCUT2D eigenvalue weighted by Gasteiger charge is -2.10. The molecule has 72 heavy (non-hydrogen) atoms. The summed E-state index contributed by atoms with van der Waals surface area (Å²) >= 11 is 0. The molecule has 0 atom stereocenters. The summed E-state index contributed by atoms with van der Waals surface area (Å²) in [5, 5.41) is 10.8. The van der Waals surface area contributed by atoms with Crippen LogP contribution in [0.4, 0.5) is 17.6 Å². The molecule has 0 saturated carbocycles. The van der Waals surface area contributed by atoms with Crippen molar-refractivity contribution in [2.75, 3.05) is 0 Å². The summed E-state index contributed by atoms with van der Waals surface area (Å²) in [7, 11) is 0. The molecule has 5 nitrogen and oxygen atoms in total. The molecule has 0 fully saturated rings. The third-order valence-electron chi connectivity index (χ3n) is 14.4. The van der Waals surface area contributed by atoms with Gasteiger partial charge in [0.15, 0.2) is 5.82 Å². The second-order valence-electron chi connectivity index (χ2n) is 18.7. The Balaban J connectivity index is 1.24. The first-order chi connectivity index (χ1) is 35.2. The normalized spacial score (nSPS) is 12.2. The molecule has 0 radical (unpaired) electrons. The van der Waals surface area contributed by atoms with Crippen molar-refractivity contribution in [3.63, 3.8) is 0 Å². The standard InChI is InChI=1S/C63H33F4N5/c64-42-17-40(18-43(65)29-42)56-58-48-23-34-11-3-1-9-32(34)21-46(48)54(68-58)31-55-47-22-33-10-2-4-12-35(33)24-49(47)59(69-55)57(41-19-44(66)30-45(67)20-41)61-51-26-37-14-6-8-16-39(37)28-53(51)63(71-61)72-62-52-27-38-15-7-5-13-36(38)25-50(52)60(56)70-62/h1-31,68H,(H,70,71,72). The molecule has 5 heterocycles. The van der Waals surface area contributed by atoms with Gasteiger partial charge in [0, 0.05) is 72.6 Å². The van der Waals surface area contributed by atoms with Crippen molar-refractivity contribution in [3.8, 4) is 67.4 Å². The first-order valence-electron chi connectivity index (χ1n) is 23.6. The molecule has 2 aliphatic rings. The Morgan fingerprint density at radius 2 is 0.708 bits per heavy atom. The number of hydrogen-bond donors (Lipinski definition) is 2. The lowest BCUT2D eigenvalue weighted by atomic mass is 9.93. The Hall–Kier alpha value is -9.47. The Morgan fingerprint density at radius 3 is 1.22 bits per heavy atom. The van der Waals surface area contributed by atoms with Crippen LogP contribution in [-0.4, -0.2) is 24.9 Å². The molecule has 3 aromatic heterocycles. The van der Waals surface area contributed by atoms with Crippen LogP contribution in [0.25, 0.3) is 154 Å². The number of nitrogens with zero attached hydrogens (tertiary/aromatic N) is 3. The van der Waals surface area contributed by atoms with E-state index in [1.54, 1.807) is 0 Å². The number of nitrogens with one attached hydrogen (secondary N) is 2. The highest BCUT2D eigenvalue weighted by atomic mass is 19.1. The number of rotatable bonds is 2. The van der Waals surface area contributed by atoms with E-state index in [-0.39, 0.29) is 11.1 Å². The van der Waals surface area contributed by atoms with Crippen LogP contribution >= 0.6 is 0 Å². The van der Waals surface area contributed by atoms with Crippen LogP contribution in [0.2, 0.25) is 0 Å². The number of aromatic amines is 2. The molecule has 2 N–H and O–H groups in total. The van der Waals surface area contributed by atoms with E-state index in [1.807, 2.05) is 97.1 Å². The van der Waals surface area contributed by atoms with E-state index in [9.17, 15) is 0 Å². The molecule has 13 aromatic rings. The van der Waals surface area contributed by atoms with Crippen LogP contribution in [0, 0.1) is 23.3 Å². The van der Waals surface area contributed by atoms with Crippen molar-refractivity contribution < 1.29 is 17.6 Å². The van der Waals surface area contributed by atoms with Crippen molar-refractivity contribution in [2.24, 2.45) is 0 Å². The van der Waals surface area contributed by atoms with Gasteiger partial charge in [-0.05, 0) is 133 Å². The third-order valence-corrected chi connectivity index (χ3v) is 14.4. The van der Waals surface area contributed by atoms with Gasteiger partial charge < -0.3 is 9.97 Å². The predicted molar refractivity (Wildman–Crippen MR) is 283 cm³/mol. The maximum atomic E-state index is 15.8. The smallest absolute Gasteiger partial charge is 0.162 e. The SMILES string of the molecule is Fc1cc(F)cc(-c2c3nc(nc4[nH]c(c(-c5cc(F)cc(F)c5)c5nc(cc6[nH]c2c2cc7ccccc7cc62)-c2cc6ccccc6cc2-5)c2cc5ccccc5cc42)-c2cc4ccccc4cc2-3)c1. The molecule has 0 amide bonds. The van der Waals surface area contributed by atoms with Crippen LogP contribution in [0.15, 0.2) is 188 Å². The maximum Gasteiger partial charge on any atom is 0.162 e. The van der Waals surface area contributed by atoms with Crippen molar-refractivity contribution in [1.29, 1.82) is 0 Å². The van der Waals surface area contributed by atoms with Crippen LogP contribution in [-0.2, 0) is 0 Å². The van der Waals surface area contributed by atoms with Gasteiger partial charge in [-0.2, -0.15) is 0 Å². The number of halogens is 4. The topological polar surface area (TPSA) is 70.2 Å². The molecule has 0 saturated heterocycles. The second kappa shape index (κ2) is 15.0. The minimum Gasteiger partial charge on any atom is -0.354 e. The number of H-pyrrole nitrogens is 2. The van der Waals surface area contributed by atoms with Crippen molar-refractivity contribution in [3.05, 3.63) is 211 Å². The van der Waals surface area contributed by atoms with E-state index >= 15 is 17.6 Å². The Morgan fingerprint density at radius 1 is 0.319 bits per heavy atom. The highest BCUT2D eigenvalue weighted by Gasteiger charge is 2.28. The fourth-order valence-corrected chi connectivity index (χ4v) is 11.2. The summed E-state index contributed by atoms with van der Waals surface area (Å²) in [5.41, 5.74) is 8.29. The average molecular weight is 936 g/mol. The molecule has 15 rings (SSSR count). The number of fused-ring (bicyclic) bond motifs is 24. The Bertz CT molecular complexity index is 4420. The van der Waals surface area contributed by atoms with Gasteiger partial charge in [-0.1, -0.05) is 97.1 Å². The number of benzene rings is 10. The number of aromatic nitrogens is 5. The molecular weight excluding hydrogens is 903 g/mol. The summed E-state index contributed by atoms with van der Waals surface area (Å²) in [6.45, 7) is 0. The van der Waals surface area contributed by atoms with Crippen LogP contribution in [0.3, 0.4) is 0 Å². The minimum atomic E-state index is -0.737. The molecule has 8 bridgehead atoms. The van der Waals surface area contributed by atoms with E-state index in [0.717, 1.165) is 87.9 Å². The van der Waals surface area contributed by atoms with Gasteiger partial charge in [-0.25, -0.2) is 32.5 Å². The predicted octanol–water partition coefficient (Wildman–Crippen LogP) is 17.2. The van der Waals surface area contributed by atoms with E-state index in [4.69, 9.17) is 15.0 Å². The summed E-state index contributed by atoms with van der Waals surface area (Å²) in [6.07, 6.45) is 0. The van der Waals surface area contributed by atoms with Gasteiger partial charge >= 0.3 is 0 Å². The van der Waals surface area contributed by atoms with Crippen LogP contribution in [0.5, 0.6) is 0 Å². The zero-order chi connectivity index (χ0) is 47.9. The zero-order valence-electron chi connectivity index (χ0n) is 37.8. The van der Waals surface area contributed by atoms with E-state index in [0.29, 0.717) is 67.4 Å². The summed E-state index contributed by atoms with van der Waals surface area (Å²) in [6, 6.07) is 57.9. The molecule has 10 aromatic carbocycles. The largest absolute Gasteiger partial charge is 0.354 e. The summed E-state index contributed by atoms with van der Waals surface area (Å²) in [4.78, 5) is 23.9. The maximum absolute atomic E-state index is 15.8. The Kier molecular flexibility index (Phi) is 8.43. The third kappa shape index (κ3) is 6.17. The highest BCUT2D eigenvalue weighted by Crippen LogP contribution is 2.49. The molecular formula is C63H33F4N5. The zero-order valence-corrected chi connectivity index (χ0v) is 37.8. The first kappa shape index (κ1) is 40.4. The molecule has 9 heteroatoms. The molecule has 338 valence electrons. The minimum absolute atomic E-state index is 0.280. The molecule has 0 unspecified atom stereocenters. The monoisotopic (exact) mass is 935 g/mol. The number of hydrogen-bond acceptors (Lipinski definition) is 3. The quantitative estimate of drug-likeness (QED) is 0.170. The summed E-state index contributed by atoms with van der Waals surface area (Å²) in [5.74, 6) is -2.59. The van der Waals surface area contributed by atoms with Gasteiger partial charge in [0.25, 0.3) is 0 Å². The fourth-order valence-electron chi connectivity index (χ4n) is 11.2. The van der Waals surface area contributed by atoms with Gasteiger partial charge in [0.2, 0.25) is 0 Å². The van der Waals surface area contributed by atoms with Crippen molar-refractivity contribution >= 4 is 86.8 Å². The van der Waals surface area contributed by atoms with Crippen LogP contribution in [0.1, 0.15) is 0 Å². The highest BCUT2D eigenvalue weighted by molar-refractivity contribution is 6.20. The van der Waals surface area contributed by atoms with Crippen molar-refractivity contribution in [1.82, 2.24) is 24.9 Å². The van der Waals surface area contributed by atoms with E-state index in [2.05, 4.69) is 64.6 Å². The van der Waals surface area contributed by atoms with Crippen LogP contribution < -0.4 is 0 Å². The second-order valence-corrected chi connectivity index (χ2v) is 18.7. The fraction of sp³-hybridized carbons (Fsp3) is 0. The van der Waals surface area contributed by atoms with E-state index < -0.39 is 23.3 Å². The lowest BCUT2D eigenvalue weighted by Crippen LogP contribution is -1.89. The van der Waals surface area contributed by atoms with Gasteiger partial charge in [0.05, 0.1) is 28.1 Å². The van der Waals surface area contributed by atoms with Gasteiger partial charge in [-0.15, -0.1) is 0 Å². The van der Waals surface area contributed by atoms with Gasteiger partial charge in [-0.3, -0.25) is 0 Å². The Labute approximate surface area is 406 Å². The molecule has 0 spiro atoms. The average Bonchev–Trinajstić information content (AvgIpc) is 4.11.